The molecule has 2 heterocycles. The highest BCUT2D eigenvalue weighted by atomic mass is 19.4. The fraction of sp³-hybridized carbons (Fsp3) is 0.632. The number of anilines is 2. The Bertz CT molecular complexity index is 685. The van der Waals surface area contributed by atoms with Gasteiger partial charge >= 0.3 is 12.2 Å². The first-order valence-corrected chi connectivity index (χ1v) is 9.32. The number of carbonyl (C=O) groups excluding carboxylic acids is 1. The van der Waals surface area contributed by atoms with Crippen LogP contribution in [-0.4, -0.2) is 37.4 Å². The van der Waals surface area contributed by atoms with Gasteiger partial charge in [-0.05, 0) is 57.7 Å². The number of ether oxygens (including phenoxy) is 1. The van der Waals surface area contributed by atoms with Crippen LogP contribution in [0.15, 0.2) is 18.2 Å². The summed E-state index contributed by atoms with van der Waals surface area (Å²) in [4.78, 5) is 14.5. The van der Waals surface area contributed by atoms with Crippen molar-refractivity contribution in [2.75, 3.05) is 29.9 Å². The molecule has 0 unspecified atom stereocenters. The highest BCUT2D eigenvalue weighted by molar-refractivity contribution is 5.93. The van der Waals surface area contributed by atoms with Crippen molar-refractivity contribution in [2.24, 2.45) is 0 Å². The molecular formula is C19H26F3N3O2. The van der Waals surface area contributed by atoms with E-state index < -0.39 is 17.8 Å². The molecule has 0 radical (unpaired) electrons. The van der Waals surface area contributed by atoms with E-state index in [1.165, 1.54) is 6.07 Å². The zero-order valence-corrected chi connectivity index (χ0v) is 15.7. The Morgan fingerprint density at radius 1 is 1.26 bits per heavy atom. The normalized spacial score (nSPS) is 22.6. The zero-order valence-electron chi connectivity index (χ0n) is 15.7. The summed E-state index contributed by atoms with van der Waals surface area (Å²) in [6, 6.07) is 2.97. The van der Waals surface area contributed by atoms with Crippen LogP contribution in [-0.2, 0) is 10.9 Å². The summed E-state index contributed by atoms with van der Waals surface area (Å²) in [6.45, 7) is 6.00. The highest BCUT2D eigenvalue weighted by Crippen LogP contribution is 2.36. The molecule has 0 saturated carbocycles. The summed E-state index contributed by atoms with van der Waals surface area (Å²) in [7, 11) is 0. The van der Waals surface area contributed by atoms with Gasteiger partial charge in [-0.2, -0.15) is 13.2 Å². The minimum absolute atomic E-state index is 0.0743. The number of halogens is 3. The molecule has 3 rings (SSSR count). The third kappa shape index (κ3) is 5.06. The van der Waals surface area contributed by atoms with Crippen LogP contribution in [0.1, 0.15) is 45.1 Å². The SMILES string of the molecule is CC1(C)C[C@@H](NC(=O)Nc2cc(C(F)(F)F)ccc2N2CCCC2)CCO1. The molecule has 1 aromatic rings. The van der Waals surface area contributed by atoms with Crippen molar-refractivity contribution in [3.63, 3.8) is 0 Å². The van der Waals surface area contributed by atoms with E-state index in [0.717, 1.165) is 38.1 Å². The van der Waals surface area contributed by atoms with Crippen LogP contribution in [0, 0.1) is 0 Å². The number of nitrogens with zero attached hydrogens (tertiary/aromatic N) is 1. The van der Waals surface area contributed by atoms with Gasteiger partial charge in [0, 0.05) is 25.7 Å². The van der Waals surface area contributed by atoms with E-state index in [0.29, 0.717) is 25.1 Å². The molecule has 1 atom stereocenters. The number of hydrogen-bond donors (Lipinski definition) is 2. The standard InChI is InChI=1S/C19H26F3N3O2/c1-18(2)12-14(7-10-27-18)23-17(26)24-15-11-13(19(20,21)22)5-6-16(15)25-8-3-4-9-25/h5-6,11,14H,3-4,7-10,12H2,1-2H3,(H2,23,24,26)/t14-/m0/s1. The third-order valence-electron chi connectivity index (χ3n) is 5.05. The van der Waals surface area contributed by atoms with Crippen LogP contribution < -0.4 is 15.5 Å². The second-order valence-electron chi connectivity index (χ2n) is 7.82. The van der Waals surface area contributed by atoms with Crippen molar-refractivity contribution in [1.82, 2.24) is 5.32 Å². The summed E-state index contributed by atoms with van der Waals surface area (Å²) in [5.41, 5.74) is -0.279. The van der Waals surface area contributed by atoms with Crippen molar-refractivity contribution in [3.8, 4) is 0 Å². The number of benzene rings is 1. The van der Waals surface area contributed by atoms with E-state index in [-0.39, 0.29) is 17.3 Å². The maximum Gasteiger partial charge on any atom is 0.416 e. The van der Waals surface area contributed by atoms with Gasteiger partial charge in [0.05, 0.1) is 22.5 Å². The number of urea groups is 1. The number of amides is 2. The van der Waals surface area contributed by atoms with Crippen LogP contribution in [0.2, 0.25) is 0 Å². The first kappa shape index (κ1) is 19.8. The third-order valence-corrected chi connectivity index (χ3v) is 5.05. The van der Waals surface area contributed by atoms with Gasteiger partial charge in [-0.3, -0.25) is 0 Å². The van der Waals surface area contributed by atoms with Crippen LogP contribution in [0.4, 0.5) is 29.3 Å². The first-order valence-electron chi connectivity index (χ1n) is 9.32. The number of carbonyl (C=O) groups is 1. The van der Waals surface area contributed by atoms with Crippen molar-refractivity contribution >= 4 is 17.4 Å². The number of rotatable bonds is 3. The fourth-order valence-electron chi connectivity index (χ4n) is 3.75. The lowest BCUT2D eigenvalue weighted by Crippen LogP contribution is -2.47. The molecule has 2 fully saturated rings. The Hall–Kier alpha value is -1.96. The van der Waals surface area contributed by atoms with Crippen LogP contribution in [0.25, 0.3) is 0 Å². The molecule has 2 aliphatic heterocycles. The number of hydrogen-bond acceptors (Lipinski definition) is 3. The quantitative estimate of drug-likeness (QED) is 0.812. The maximum absolute atomic E-state index is 13.1. The number of alkyl halides is 3. The summed E-state index contributed by atoms with van der Waals surface area (Å²) >= 11 is 0. The largest absolute Gasteiger partial charge is 0.416 e. The molecular weight excluding hydrogens is 359 g/mol. The zero-order chi connectivity index (χ0) is 19.7. The lowest BCUT2D eigenvalue weighted by Gasteiger charge is -2.35. The van der Waals surface area contributed by atoms with E-state index in [9.17, 15) is 18.0 Å². The lowest BCUT2D eigenvalue weighted by molar-refractivity contribution is -0.137. The van der Waals surface area contributed by atoms with Gasteiger partial charge in [-0.15, -0.1) is 0 Å². The molecule has 2 aliphatic rings. The van der Waals surface area contributed by atoms with Gasteiger partial charge in [-0.25, -0.2) is 4.79 Å². The van der Waals surface area contributed by atoms with Crippen LogP contribution in [0.5, 0.6) is 0 Å². The predicted molar refractivity (Wildman–Crippen MR) is 98.1 cm³/mol. The van der Waals surface area contributed by atoms with E-state index in [2.05, 4.69) is 10.6 Å². The Morgan fingerprint density at radius 3 is 2.59 bits per heavy atom. The minimum atomic E-state index is -4.46. The van der Waals surface area contributed by atoms with E-state index in [1.54, 1.807) is 0 Å². The molecule has 1 aromatic carbocycles. The van der Waals surface area contributed by atoms with Crippen LogP contribution >= 0.6 is 0 Å². The van der Waals surface area contributed by atoms with Gasteiger partial charge in [0.15, 0.2) is 0 Å². The van der Waals surface area contributed by atoms with Crippen LogP contribution in [0.3, 0.4) is 0 Å². The van der Waals surface area contributed by atoms with Crippen molar-refractivity contribution in [3.05, 3.63) is 23.8 Å². The Morgan fingerprint density at radius 2 is 1.96 bits per heavy atom. The topological polar surface area (TPSA) is 53.6 Å². The Kier molecular flexibility index (Phi) is 5.55. The molecule has 0 aliphatic carbocycles. The fourth-order valence-corrected chi connectivity index (χ4v) is 3.75. The molecule has 2 amide bonds. The second kappa shape index (κ2) is 7.58. The van der Waals surface area contributed by atoms with E-state index in [4.69, 9.17) is 4.74 Å². The molecule has 0 aromatic heterocycles. The molecule has 150 valence electrons. The highest BCUT2D eigenvalue weighted by Gasteiger charge is 2.33. The van der Waals surface area contributed by atoms with Gasteiger partial charge in [0.2, 0.25) is 0 Å². The van der Waals surface area contributed by atoms with Gasteiger partial charge in [-0.1, -0.05) is 0 Å². The average molecular weight is 385 g/mol. The van der Waals surface area contributed by atoms with E-state index in [1.807, 2.05) is 18.7 Å². The van der Waals surface area contributed by atoms with Crippen molar-refractivity contribution in [1.29, 1.82) is 0 Å². The summed E-state index contributed by atoms with van der Waals surface area (Å²) in [5.74, 6) is 0. The van der Waals surface area contributed by atoms with E-state index >= 15 is 0 Å². The molecule has 2 N–H and O–H groups in total. The Balaban J connectivity index is 1.76. The van der Waals surface area contributed by atoms with Gasteiger partial charge in [0.25, 0.3) is 0 Å². The molecule has 27 heavy (non-hydrogen) atoms. The number of nitrogens with one attached hydrogen (secondary N) is 2. The summed E-state index contributed by atoms with van der Waals surface area (Å²) in [6.07, 6.45) is -1.14. The molecule has 8 heteroatoms. The Labute approximate surface area is 157 Å². The second-order valence-corrected chi connectivity index (χ2v) is 7.82. The predicted octanol–water partition coefficient (Wildman–Crippen LogP) is 4.38. The monoisotopic (exact) mass is 385 g/mol. The summed E-state index contributed by atoms with van der Waals surface area (Å²) in [5, 5.41) is 5.51. The smallest absolute Gasteiger partial charge is 0.375 e. The molecule has 2 saturated heterocycles. The minimum Gasteiger partial charge on any atom is -0.375 e. The van der Waals surface area contributed by atoms with Crippen molar-refractivity contribution < 1.29 is 22.7 Å². The average Bonchev–Trinajstić information content (AvgIpc) is 3.07. The van der Waals surface area contributed by atoms with Gasteiger partial charge in [0.1, 0.15) is 0 Å². The van der Waals surface area contributed by atoms with Crippen molar-refractivity contribution in [2.45, 2.75) is 57.3 Å². The summed E-state index contributed by atoms with van der Waals surface area (Å²) < 4.78 is 45.0. The first-order chi connectivity index (χ1) is 12.6. The molecule has 5 nitrogen and oxygen atoms in total. The molecule has 0 bridgehead atoms. The maximum atomic E-state index is 13.1. The van der Waals surface area contributed by atoms with Gasteiger partial charge < -0.3 is 20.3 Å². The molecule has 0 spiro atoms. The lowest BCUT2D eigenvalue weighted by atomic mass is 9.94.